The van der Waals surface area contributed by atoms with E-state index in [1.165, 1.54) is 24.3 Å². The summed E-state index contributed by atoms with van der Waals surface area (Å²) in [6, 6.07) is 12.7. The highest BCUT2D eigenvalue weighted by Crippen LogP contribution is 2.16. The molecule has 136 valence electrons. The number of ether oxygens (including phenoxy) is 1. The Balaban J connectivity index is 1.68. The van der Waals surface area contributed by atoms with Crippen LogP contribution in [-0.4, -0.2) is 23.3 Å². The SMILES string of the molecule is Cc1ccccc1OCCCC(=O)NNC(=O)c1ccc([N+](=O)[O-])cc1. The van der Waals surface area contributed by atoms with Gasteiger partial charge in [0.05, 0.1) is 11.5 Å². The molecule has 0 saturated carbocycles. The van der Waals surface area contributed by atoms with Crippen LogP contribution in [0.15, 0.2) is 48.5 Å². The van der Waals surface area contributed by atoms with Gasteiger partial charge in [-0.2, -0.15) is 0 Å². The Hall–Kier alpha value is -3.42. The highest BCUT2D eigenvalue weighted by molar-refractivity contribution is 5.95. The van der Waals surface area contributed by atoms with Crippen LogP contribution in [0.4, 0.5) is 5.69 Å². The molecule has 0 unspecified atom stereocenters. The standard InChI is InChI=1S/C18H19N3O5/c1-13-5-2-3-6-16(13)26-12-4-7-17(22)19-20-18(23)14-8-10-15(11-9-14)21(24)25/h2-3,5-6,8-11H,4,7,12H2,1H3,(H,19,22)(H,20,23). The van der Waals surface area contributed by atoms with E-state index < -0.39 is 10.8 Å². The topological polar surface area (TPSA) is 111 Å². The fourth-order valence-electron chi connectivity index (χ4n) is 2.13. The van der Waals surface area contributed by atoms with E-state index in [-0.39, 0.29) is 23.6 Å². The van der Waals surface area contributed by atoms with Gasteiger partial charge < -0.3 is 4.74 Å². The smallest absolute Gasteiger partial charge is 0.269 e. The van der Waals surface area contributed by atoms with Crippen molar-refractivity contribution in [3.05, 3.63) is 69.8 Å². The van der Waals surface area contributed by atoms with E-state index in [1.807, 2.05) is 31.2 Å². The molecule has 2 aromatic rings. The number of benzene rings is 2. The molecule has 2 amide bonds. The summed E-state index contributed by atoms with van der Waals surface area (Å²) in [5.74, 6) is -0.127. The second-order valence-corrected chi connectivity index (χ2v) is 5.52. The van der Waals surface area contributed by atoms with Crippen LogP contribution in [0.3, 0.4) is 0 Å². The molecule has 0 spiro atoms. The van der Waals surface area contributed by atoms with Crippen molar-refractivity contribution < 1.29 is 19.2 Å². The minimum atomic E-state index is -0.553. The number of nitrogens with zero attached hydrogens (tertiary/aromatic N) is 1. The van der Waals surface area contributed by atoms with Crippen LogP contribution in [-0.2, 0) is 4.79 Å². The average molecular weight is 357 g/mol. The summed E-state index contributed by atoms with van der Waals surface area (Å²) in [7, 11) is 0. The molecule has 0 aliphatic carbocycles. The quantitative estimate of drug-likeness (QED) is 0.449. The number of non-ortho nitro benzene ring substituents is 1. The van der Waals surface area contributed by atoms with E-state index in [0.29, 0.717) is 13.0 Å². The van der Waals surface area contributed by atoms with Crippen molar-refractivity contribution in [1.82, 2.24) is 10.9 Å². The number of para-hydroxylation sites is 1. The molecule has 0 aliphatic heterocycles. The number of hydrazine groups is 1. The van der Waals surface area contributed by atoms with Crippen LogP contribution >= 0.6 is 0 Å². The Labute approximate surface area is 150 Å². The number of nitrogens with one attached hydrogen (secondary N) is 2. The second-order valence-electron chi connectivity index (χ2n) is 5.52. The third-order valence-corrected chi connectivity index (χ3v) is 3.56. The van der Waals surface area contributed by atoms with Gasteiger partial charge in [0.1, 0.15) is 5.75 Å². The molecule has 0 radical (unpaired) electrons. The van der Waals surface area contributed by atoms with E-state index in [1.54, 1.807) is 0 Å². The maximum atomic E-state index is 11.9. The first-order valence-electron chi connectivity index (χ1n) is 7.99. The number of carbonyl (C=O) groups is 2. The van der Waals surface area contributed by atoms with Gasteiger partial charge in [-0.05, 0) is 37.1 Å². The molecule has 0 aromatic heterocycles. The number of hydrogen-bond acceptors (Lipinski definition) is 5. The molecule has 2 rings (SSSR count). The van der Waals surface area contributed by atoms with Crippen LogP contribution in [0.25, 0.3) is 0 Å². The predicted octanol–water partition coefficient (Wildman–Crippen LogP) is 2.52. The van der Waals surface area contributed by atoms with E-state index in [0.717, 1.165) is 11.3 Å². The Morgan fingerprint density at radius 1 is 1.08 bits per heavy atom. The van der Waals surface area contributed by atoms with Crippen LogP contribution in [0, 0.1) is 17.0 Å². The molecular formula is C18H19N3O5. The number of nitro benzene ring substituents is 1. The Morgan fingerprint density at radius 2 is 1.77 bits per heavy atom. The van der Waals surface area contributed by atoms with E-state index in [2.05, 4.69) is 10.9 Å². The molecular weight excluding hydrogens is 338 g/mol. The number of amides is 2. The third kappa shape index (κ3) is 5.59. The van der Waals surface area contributed by atoms with Crippen molar-refractivity contribution in [2.45, 2.75) is 19.8 Å². The van der Waals surface area contributed by atoms with Crippen molar-refractivity contribution in [2.75, 3.05) is 6.61 Å². The summed E-state index contributed by atoms with van der Waals surface area (Å²) < 4.78 is 5.59. The first-order valence-corrected chi connectivity index (χ1v) is 7.99. The van der Waals surface area contributed by atoms with Gasteiger partial charge in [0.2, 0.25) is 5.91 Å². The Kier molecular flexibility index (Phi) is 6.67. The highest BCUT2D eigenvalue weighted by Gasteiger charge is 2.10. The number of rotatable bonds is 7. The molecule has 2 N–H and O–H groups in total. The van der Waals surface area contributed by atoms with Gasteiger partial charge in [0.15, 0.2) is 0 Å². The van der Waals surface area contributed by atoms with E-state index in [9.17, 15) is 19.7 Å². The monoisotopic (exact) mass is 357 g/mol. The molecule has 26 heavy (non-hydrogen) atoms. The molecule has 8 nitrogen and oxygen atoms in total. The maximum Gasteiger partial charge on any atom is 0.269 e. The number of nitro groups is 1. The summed E-state index contributed by atoms with van der Waals surface area (Å²) in [5, 5.41) is 10.6. The third-order valence-electron chi connectivity index (χ3n) is 3.56. The minimum absolute atomic E-state index is 0.112. The van der Waals surface area contributed by atoms with Crippen molar-refractivity contribution in [2.24, 2.45) is 0 Å². The van der Waals surface area contributed by atoms with Gasteiger partial charge in [0.25, 0.3) is 11.6 Å². The summed E-state index contributed by atoms with van der Waals surface area (Å²) in [6.45, 7) is 2.32. The zero-order chi connectivity index (χ0) is 18.9. The fourth-order valence-corrected chi connectivity index (χ4v) is 2.13. The Bertz CT molecular complexity index is 790. The fraction of sp³-hybridized carbons (Fsp3) is 0.222. The number of aryl methyl sites for hydroxylation is 1. The molecule has 0 atom stereocenters. The maximum absolute atomic E-state index is 11.9. The summed E-state index contributed by atoms with van der Waals surface area (Å²) in [4.78, 5) is 33.6. The van der Waals surface area contributed by atoms with Crippen molar-refractivity contribution >= 4 is 17.5 Å². The Morgan fingerprint density at radius 3 is 2.42 bits per heavy atom. The average Bonchev–Trinajstić information content (AvgIpc) is 2.64. The summed E-state index contributed by atoms with van der Waals surface area (Å²) in [5.41, 5.74) is 5.68. The zero-order valence-corrected chi connectivity index (χ0v) is 14.2. The lowest BCUT2D eigenvalue weighted by atomic mass is 10.2. The molecule has 0 bridgehead atoms. The van der Waals surface area contributed by atoms with Gasteiger partial charge in [-0.15, -0.1) is 0 Å². The van der Waals surface area contributed by atoms with Gasteiger partial charge in [-0.1, -0.05) is 18.2 Å². The first-order chi connectivity index (χ1) is 12.5. The lowest BCUT2D eigenvalue weighted by molar-refractivity contribution is -0.384. The molecule has 2 aromatic carbocycles. The van der Waals surface area contributed by atoms with Crippen LogP contribution in [0.2, 0.25) is 0 Å². The van der Waals surface area contributed by atoms with Gasteiger partial charge >= 0.3 is 0 Å². The number of hydrogen-bond donors (Lipinski definition) is 2. The normalized spacial score (nSPS) is 10.0. The highest BCUT2D eigenvalue weighted by atomic mass is 16.6. The second kappa shape index (κ2) is 9.16. The summed E-state index contributed by atoms with van der Waals surface area (Å²) >= 11 is 0. The van der Waals surface area contributed by atoms with Crippen molar-refractivity contribution in [3.63, 3.8) is 0 Å². The van der Waals surface area contributed by atoms with Gasteiger partial charge in [0, 0.05) is 24.1 Å². The number of carbonyl (C=O) groups excluding carboxylic acids is 2. The van der Waals surface area contributed by atoms with Gasteiger partial charge in [-0.25, -0.2) is 0 Å². The predicted molar refractivity (Wildman–Crippen MR) is 94.6 cm³/mol. The van der Waals surface area contributed by atoms with Crippen LogP contribution in [0.5, 0.6) is 5.75 Å². The molecule has 0 aliphatic rings. The van der Waals surface area contributed by atoms with E-state index in [4.69, 9.17) is 4.74 Å². The van der Waals surface area contributed by atoms with Crippen molar-refractivity contribution in [1.29, 1.82) is 0 Å². The molecule has 8 heteroatoms. The largest absolute Gasteiger partial charge is 0.493 e. The lowest BCUT2D eigenvalue weighted by Gasteiger charge is -2.09. The molecule has 0 saturated heterocycles. The van der Waals surface area contributed by atoms with E-state index >= 15 is 0 Å². The first kappa shape index (κ1) is 18.9. The summed E-state index contributed by atoms with van der Waals surface area (Å²) in [6.07, 6.45) is 0.681. The lowest BCUT2D eigenvalue weighted by Crippen LogP contribution is -2.41. The van der Waals surface area contributed by atoms with Gasteiger partial charge in [-0.3, -0.25) is 30.6 Å². The minimum Gasteiger partial charge on any atom is -0.493 e. The van der Waals surface area contributed by atoms with Crippen LogP contribution in [0.1, 0.15) is 28.8 Å². The van der Waals surface area contributed by atoms with Crippen molar-refractivity contribution in [3.8, 4) is 5.75 Å². The van der Waals surface area contributed by atoms with Crippen LogP contribution < -0.4 is 15.6 Å². The zero-order valence-electron chi connectivity index (χ0n) is 14.2. The molecule has 0 fully saturated rings. The molecule has 0 heterocycles.